The van der Waals surface area contributed by atoms with Crippen molar-refractivity contribution in [1.29, 1.82) is 0 Å². The number of aromatic carboxylic acids is 1. The summed E-state index contributed by atoms with van der Waals surface area (Å²) in [5.41, 5.74) is 1.75. The van der Waals surface area contributed by atoms with Gasteiger partial charge in [0.25, 0.3) is 0 Å². The van der Waals surface area contributed by atoms with E-state index in [4.69, 9.17) is 9.84 Å². The van der Waals surface area contributed by atoms with Crippen LogP contribution >= 0.6 is 0 Å². The monoisotopic (exact) mass is 298 g/mol. The van der Waals surface area contributed by atoms with Gasteiger partial charge in [-0.3, -0.25) is 0 Å². The maximum atomic E-state index is 11.2. The molecule has 0 saturated heterocycles. The molecule has 7 nitrogen and oxygen atoms in total. The second-order valence-electron chi connectivity index (χ2n) is 4.69. The lowest BCUT2D eigenvalue weighted by Crippen LogP contribution is -2.07. The maximum absolute atomic E-state index is 11.2. The van der Waals surface area contributed by atoms with E-state index < -0.39 is 5.97 Å². The minimum absolute atomic E-state index is 0.207. The number of hydrogen-bond acceptors (Lipinski definition) is 5. The van der Waals surface area contributed by atoms with Crippen molar-refractivity contribution in [3.8, 4) is 11.6 Å². The third-order valence-electron chi connectivity index (χ3n) is 3.16. The Balaban J connectivity index is 1.92. The van der Waals surface area contributed by atoms with Crippen molar-refractivity contribution in [2.24, 2.45) is 0 Å². The summed E-state index contributed by atoms with van der Waals surface area (Å²) in [4.78, 5) is 22.3. The Bertz CT molecular complexity index is 829. The highest BCUT2D eigenvalue weighted by molar-refractivity contribution is 6.03. The molecule has 0 aliphatic carbocycles. The summed E-state index contributed by atoms with van der Waals surface area (Å²) in [5, 5.41) is 12.8. The van der Waals surface area contributed by atoms with E-state index in [2.05, 4.69) is 20.3 Å². The fourth-order valence-electron chi connectivity index (χ4n) is 2.17. The Hall–Kier alpha value is -2.93. The van der Waals surface area contributed by atoms with Gasteiger partial charge in [0.05, 0.1) is 11.3 Å². The molecule has 2 aromatic heterocycles. The molecule has 3 aromatic rings. The van der Waals surface area contributed by atoms with Gasteiger partial charge in [-0.1, -0.05) is 0 Å². The number of ether oxygens (including phenoxy) is 1. The number of carboxylic acid groups (broad SMARTS) is 1. The number of aromatic nitrogens is 3. The zero-order chi connectivity index (χ0) is 15.5. The molecule has 7 heteroatoms. The number of fused-ring (bicyclic) bond motifs is 1. The highest BCUT2D eigenvalue weighted by Gasteiger charge is 2.11. The van der Waals surface area contributed by atoms with Gasteiger partial charge in [-0.05, 0) is 25.2 Å². The van der Waals surface area contributed by atoms with E-state index in [-0.39, 0.29) is 5.56 Å². The van der Waals surface area contributed by atoms with Crippen molar-refractivity contribution < 1.29 is 14.6 Å². The average Bonchev–Trinajstić information content (AvgIpc) is 2.91. The van der Waals surface area contributed by atoms with Crippen LogP contribution in [-0.2, 0) is 6.54 Å². The Morgan fingerprint density at radius 3 is 3.00 bits per heavy atom. The molecule has 0 atom stereocenters. The van der Waals surface area contributed by atoms with Crippen LogP contribution in [0.5, 0.6) is 11.6 Å². The fourth-order valence-corrected chi connectivity index (χ4v) is 2.17. The first-order chi connectivity index (χ1) is 10.7. The van der Waals surface area contributed by atoms with Crippen LogP contribution in [0.1, 0.15) is 16.1 Å². The Labute approximate surface area is 126 Å². The predicted molar refractivity (Wildman–Crippen MR) is 80.1 cm³/mol. The summed E-state index contributed by atoms with van der Waals surface area (Å²) in [5.74, 6) is -0.0579. The lowest BCUT2D eigenvalue weighted by Gasteiger charge is -2.06. The summed E-state index contributed by atoms with van der Waals surface area (Å²) in [6, 6.07) is 6.93. The standard InChI is InChI=1S/C15H14N4O3/c1-16-6-9-4-14(19-8-18-9)22-10-2-3-13-11(5-10)12(7-17-13)15(20)21/h2-5,7-8,16-17H,6H2,1H3,(H,20,21). The summed E-state index contributed by atoms with van der Waals surface area (Å²) in [6.45, 7) is 0.610. The molecular formula is C15H14N4O3. The number of carboxylic acids is 1. The smallest absolute Gasteiger partial charge is 0.337 e. The van der Waals surface area contributed by atoms with Crippen molar-refractivity contribution in [2.45, 2.75) is 6.54 Å². The number of nitrogens with zero attached hydrogens (tertiary/aromatic N) is 2. The predicted octanol–water partition coefficient (Wildman–Crippen LogP) is 2.17. The first-order valence-corrected chi connectivity index (χ1v) is 6.65. The van der Waals surface area contributed by atoms with Crippen LogP contribution in [0.4, 0.5) is 0 Å². The van der Waals surface area contributed by atoms with Crippen LogP contribution in [0.3, 0.4) is 0 Å². The second-order valence-corrected chi connectivity index (χ2v) is 4.69. The Morgan fingerprint density at radius 2 is 2.23 bits per heavy atom. The van der Waals surface area contributed by atoms with E-state index in [0.717, 1.165) is 11.2 Å². The molecule has 22 heavy (non-hydrogen) atoms. The molecule has 0 fully saturated rings. The number of aromatic amines is 1. The van der Waals surface area contributed by atoms with Crippen LogP contribution in [0.15, 0.2) is 36.8 Å². The highest BCUT2D eigenvalue weighted by atomic mass is 16.5. The summed E-state index contributed by atoms with van der Waals surface area (Å²) in [6.07, 6.45) is 2.89. The Morgan fingerprint density at radius 1 is 1.36 bits per heavy atom. The molecule has 0 amide bonds. The van der Waals surface area contributed by atoms with Crippen molar-refractivity contribution in [3.63, 3.8) is 0 Å². The van der Waals surface area contributed by atoms with Crippen LogP contribution in [-0.4, -0.2) is 33.1 Å². The molecule has 2 heterocycles. The number of rotatable bonds is 5. The number of carbonyl (C=O) groups is 1. The molecule has 3 N–H and O–H groups in total. The zero-order valence-electron chi connectivity index (χ0n) is 11.8. The number of H-pyrrole nitrogens is 1. The quantitative estimate of drug-likeness (QED) is 0.667. The molecule has 0 aliphatic heterocycles. The molecule has 1 aromatic carbocycles. The SMILES string of the molecule is CNCc1cc(Oc2ccc3[nH]cc(C(=O)O)c3c2)ncn1. The molecule has 3 rings (SSSR count). The molecule has 0 saturated carbocycles. The molecule has 0 spiro atoms. The summed E-state index contributed by atoms with van der Waals surface area (Å²) >= 11 is 0. The van der Waals surface area contributed by atoms with E-state index in [9.17, 15) is 4.79 Å². The lowest BCUT2D eigenvalue weighted by molar-refractivity contribution is 0.0699. The van der Waals surface area contributed by atoms with E-state index >= 15 is 0 Å². The lowest BCUT2D eigenvalue weighted by atomic mass is 10.1. The van der Waals surface area contributed by atoms with Crippen LogP contribution in [0, 0.1) is 0 Å². The largest absolute Gasteiger partial charge is 0.478 e. The van der Waals surface area contributed by atoms with Gasteiger partial charge in [0.15, 0.2) is 0 Å². The minimum Gasteiger partial charge on any atom is -0.478 e. The second kappa shape index (κ2) is 5.82. The molecule has 0 radical (unpaired) electrons. The average molecular weight is 298 g/mol. The van der Waals surface area contributed by atoms with Crippen molar-refractivity contribution in [1.82, 2.24) is 20.3 Å². The van der Waals surface area contributed by atoms with Gasteiger partial charge in [-0.25, -0.2) is 14.8 Å². The van der Waals surface area contributed by atoms with E-state index in [1.165, 1.54) is 12.5 Å². The van der Waals surface area contributed by atoms with Gasteiger partial charge in [0, 0.05) is 29.7 Å². The van der Waals surface area contributed by atoms with Crippen molar-refractivity contribution in [3.05, 3.63) is 48.0 Å². The first kappa shape index (κ1) is 14.0. The molecular weight excluding hydrogens is 284 g/mol. The third kappa shape index (κ3) is 2.75. The first-order valence-electron chi connectivity index (χ1n) is 6.65. The van der Waals surface area contributed by atoms with E-state index in [0.29, 0.717) is 23.6 Å². The fraction of sp³-hybridized carbons (Fsp3) is 0.133. The zero-order valence-corrected chi connectivity index (χ0v) is 11.8. The van der Waals surface area contributed by atoms with Crippen LogP contribution in [0.25, 0.3) is 10.9 Å². The van der Waals surface area contributed by atoms with Crippen molar-refractivity contribution >= 4 is 16.9 Å². The molecule has 0 bridgehead atoms. The van der Waals surface area contributed by atoms with Gasteiger partial charge in [-0.15, -0.1) is 0 Å². The summed E-state index contributed by atoms with van der Waals surface area (Å²) in [7, 11) is 1.83. The number of nitrogens with one attached hydrogen (secondary N) is 2. The minimum atomic E-state index is -0.984. The van der Waals surface area contributed by atoms with Crippen molar-refractivity contribution in [2.75, 3.05) is 7.05 Å². The number of benzene rings is 1. The normalized spacial score (nSPS) is 10.8. The number of hydrogen-bond donors (Lipinski definition) is 3. The topological polar surface area (TPSA) is 100 Å². The van der Waals surface area contributed by atoms with Crippen LogP contribution in [0.2, 0.25) is 0 Å². The Kier molecular flexibility index (Phi) is 3.71. The third-order valence-corrected chi connectivity index (χ3v) is 3.16. The molecule has 0 aliphatic rings. The van der Waals surface area contributed by atoms with E-state index in [1.807, 2.05) is 7.05 Å². The van der Waals surface area contributed by atoms with Gasteiger partial charge >= 0.3 is 5.97 Å². The van der Waals surface area contributed by atoms with Gasteiger partial charge in [0.2, 0.25) is 5.88 Å². The molecule has 0 unspecified atom stereocenters. The van der Waals surface area contributed by atoms with Gasteiger partial charge < -0.3 is 20.1 Å². The van der Waals surface area contributed by atoms with Crippen LogP contribution < -0.4 is 10.1 Å². The summed E-state index contributed by atoms with van der Waals surface area (Å²) < 4.78 is 5.69. The maximum Gasteiger partial charge on any atom is 0.337 e. The van der Waals surface area contributed by atoms with E-state index in [1.54, 1.807) is 24.3 Å². The van der Waals surface area contributed by atoms with Gasteiger partial charge in [-0.2, -0.15) is 0 Å². The van der Waals surface area contributed by atoms with Gasteiger partial charge in [0.1, 0.15) is 12.1 Å². The molecule has 112 valence electrons. The highest BCUT2D eigenvalue weighted by Crippen LogP contribution is 2.26.